The minimum Gasteiger partial charge on any atom is -0.454 e. The molecule has 2 rings (SSSR count). The number of halogens is 1. The van der Waals surface area contributed by atoms with Gasteiger partial charge in [0.05, 0.1) is 11.3 Å². The Kier molecular flexibility index (Phi) is 3.40. The summed E-state index contributed by atoms with van der Waals surface area (Å²) in [5.41, 5.74) is 7.71. The van der Waals surface area contributed by atoms with Crippen molar-refractivity contribution in [3.05, 3.63) is 52.5 Å². The number of aryl methyl sites for hydroxylation is 1. The standard InChI is InChI=1S/C14H11ClN2O/c1-9-2-4-13(10(6-9)8-16)18-14-5-3-11(15)7-12(14)17/h2-7H,17H2,1H3. The number of nitrogens with zero attached hydrogens (tertiary/aromatic N) is 1. The van der Waals surface area contributed by atoms with Gasteiger partial charge in [0, 0.05) is 5.02 Å². The fourth-order valence-electron chi connectivity index (χ4n) is 1.55. The van der Waals surface area contributed by atoms with Gasteiger partial charge in [0.15, 0.2) is 0 Å². The molecule has 0 radical (unpaired) electrons. The van der Waals surface area contributed by atoms with Crippen molar-refractivity contribution in [2.75, 3.05) is 5.73 Å². The summed E-state index contributed by atoms with van der Waals surface area (Å²) in [6, 6.07) is 12.5. The van der Waals surface area contributed by atoms with Crippen LogP contribution in [0.25, 0.3) is 0 Å². The monoisotopic (exact) mass is 258 g/mol. The van der Waals surface area contributed by atoms with Crippen molar-refractivity contribution in [1.82, 2.24) is 0 Å². The topological polar surface area (TPSA) is 59.0 Å². The molecule has 2 N–H and O–H groups in total. The smallest absolute Gasteiger partial charge is 0.150 e. The molecule has 2 aromatic rings. The molecule has 2 aromatic carbocycles. The lowest BCUT2D eigenvalue weighted by molar-refractivity contribution is 0.483. The highest BCUT2D eigenvalue weighted by Crippen LogP contribution is 2.31. The summed E-state index contributed by atoms with van der Waals surface area (Å²) >= 11 is 5.81. The molecule has 0 fully saturated rings. The summed E-state index contributed by atoms with van der Waals surface area (Å²) in [6.07, 6.45) is 0. The SMILES string of the molecule is Cc1ccc(Oc2ccc(Cl)cc2N)c(C#N)c1. The summed E-state index contributed by atoms with van der Waals surface area (Å²) in [4.78, 5) is 0. The van der Waals surface area contributed by atoms with Crippen LogP contribution in [0.15, 0.2) is 36.4 Å². The molecule has 0 aliphatic heterocycles. The summed E-state index contributed by atoms with van der Waals surface area (Å²) in [6.45, 7) is 1.92. The predicted octanol–water partition coefficient (Wildman–Crippen LogP) is 3.89. The number of nitrogen functional groups attached to an aromatic ring is 1. The molecule has 90 valence electrons. The Morgan fingerprint density at radius 2 is 1.89 bits per heavy atom. The van der Waals surface area contributed by atoms with Gasteiger partial charge in [0.2, 0.25) is 0 Å². The van der Waals surface area contributed by atoms with E-state index in [9.17, 15) is 0 Å². The summed E-state index contributed by atoms with van der Waals surface area (Å²) in [5.74, 6) is 0.969. The lowest BCUT2D eigenvalue weighted by Gasteiger charge is -2.10. The predicted molar refractivity (Wildman–Crippen MR) is 71.8 cm³/mol. The molecule has 0 spiro atoms. The highest BCUT2D eigenvalue weighted by Gasteiger charge is 2.07. The average molecular weight is 259 g/mol. The third kappa shape index (κ3) is 2.55. The molecule has 0 atom stereocenters. The van der Waals surface area contributed by atoms with E-state index < -0.39 is 0 Å². The lowest BCUT2D eigenvalue weighted by Crippen LogP contribution is -1.94. The number of anilines is 1. The van der Waals surface area contributed by atoms with E-state index in [1.807, 2.05) is 13.0 Å². The van der Waals surface area contributed by atoms with Gasteiger partial charge in [-0.3, -0.25) is 0 Å². The molecule has 0 heterocycles. The maximum absolute atomic E-state index is 9.05. The van der Waals surface area contributed by atoms with E-state index in [-0.39, 0.29) is 0 Å². The molecule has 0 saturated carbocycles. The zero-order chi connectivity index (χ0) is 13.1. The Morgan fingerprint density at radius 3 is 2.56 bits per heavy atom. The van der Waals surface area contributed by atoms with Crippen molar-refractivity contribution in [1.29, 1.82) is 5.26 Å². The number of hydrogen-bond acceptors (Lipinski definition) is 3. The van der Waals surface area contributed by atoms with E-state index in [1.54, 1.807) is 30.3 Å². The molecule has 0 unspecified atom stereocenters. The average Bonchev–Trinajstić information content (AvgIpc) is 2.34. The summed E-state index contributed by atoms with van der Waals surface area (Å²) < 4.78 is 5.64. The van der Waals surface area contributed by atoms with Crippen LogP contribution < -0.4 is 10.5 Å². The van der Waals surface area contributed by atoms with Gasteiger partial charge < -0.3 is 10.5 Å². The Hall–Kier alpha value is -2.18. The van der Waals surface area contributed by atoms with Crippen LogP contribution in [-0.4, -0.2) is 0 Å². The molecule has 0 bridgehead atoms. The van der Waals surface area contributed by atoms with Crippen LogP contribution in [-0.2, 0) is 0 Å². The van der Waals surface area contributed by atoms with Crippen molar-refractivity contribution >= 4 is 17.3 Å². The molecule has 18 heavy (non-hydrogen) atoms. The van der Waals surface area contributed by atoms with Gasteiger partial charge in [0.25, 0.3) is 0 Å². The third-order valence-electron chi connectivity index (χ3n) is 2.45. The van der Waals surface area contributed by atoms with Crippen LogP contribution in [0, 0.1) is 18.3 Å². The van der Waals surface area contributed by atoms with E-state index in [2.05, 4.69) is 6.07 Å². The number of hydrogen-bond donors (Lipinski definition) is 1. The number of ether oxygens (including phenoxy) is 1. The van der Waals surface area contributed by atoms with Gasteiger partial charge in [0.1, 0.15) is 17.6 Å². The van der Waals surface area contributed by atoms with Crippen molar-refractivity contribution in [3.8, 4) is 17.6 Å². The van der Waals surface area contributed by atoms with E-state index >= 15 is 0 Å². The largest absolute Gasteiger partial charge is 0.454 e. The molecule has 0 aliphatic rings. The Balaban J connectivity index is 2.37. The van der Waals surface area contributed by atoms with Gasteiger partial charge >= 0.3 is 0 Å². The number of benzene rings is 2. The zero-order valence-corrected chi connectivity index (χ0v) is 10.5. The number of nitriles is 1. The van der Waals surface area contributed by atoms with Gasteiger partial charge in [-0.05, 0) is 42.8 Å². The maximum atomic E-state index is 9.05. The second-order valence-corrected chi connectivity index (χ2v) is 4.33. The first-order valence-electron chi connectivity index (χ1n) is 5.34. The van der Waals surface area contributed by atoms with E-state index in [0.29, 0.717) is 27.8 Å². The first-order chi connectivity index (χ1) is 8.60. The van der Waals surface area contributed by atoms with Crippen molar-refractivity contribution < 1.29 is 4.74 Å². The fourth-order valence-corrected chi connectivity index (χ4v) is 1.73. The van der Waals surface area contributed by atoms with E-state index in [4.69, 9.17) is 27.3 Å². The van der Waals surface area contributed by atoms with Crippen LogP contribution in [0.3, 0.4) is 0 Å². The Bertz CT molecular complexity index is 632. The number of nitrogens with two attached hydrogens (primary N) is 1. The Labute approximate surface area is 110 Å². The molecule has 0 saturated heterocycles. The maximum Gasteiger partial charge on any atom is 0.150 e. The van der Waals surface area contributed by atoms with Crippen LogP contribution in [0.2, 0.25) is 5.02 Å². The third-order valence-corrected chi connectivity index (χ3v) is 2.68. The quantitative estimate of drug-likeness (QED) is 0.831. The zero-order valence-electron chi connectivity index (χ0n) is 9.77. The molecular weight excluding hydrogens is 248 g/mol. The minimum atomic E-state index is 0.437. The summed E-state index contributed by atoms with van der Waals surface area (Å²) in [5, 5.41) is 9.60. The van der Waals surface area contributed by atoms with Crippen LogP contribution in [0.5, 0.6) is 11.5 Å². The molecule has 4 heteroatoms. The fraction of sp³-hybridized carbons (Fsp3) is 0.0714. The summed E-state index contributed by atoms with van der Waals surface area (Å²) in [7, 11) is 0. The normalized spacial score (nSPS) is 9.83. The molecule has 0 amide bonds. The first kappa shape index (κ1) is 12.3. The molecule has 0 aliphatic carbocycles. The van der Waals surface area contributed by atoms with Crippen LogP contribution in [0.4, 0.5) is 5.69 Å². The van der Waals surface area contributed by atoms with Gasteiger partial charge in [-0.25, -0.2) is 0 Å². The van der Waals surface area contributed by atoms with E-state index in [0.717, 1.165) is 5.56 Å². The van der Waals surface area contributed by atoms with Gasteiger partial charge in [-0.1, -0.05) is 17.7 Å². The van der Waals surface area contributed by atoms with Gasteiger partial charge in [-0.15, -0.1) is 0 Å². The first-order valence-corrected chi connectivity index (χ1v) is 5.71. The molecule has 0 aromatic heterocycles. The lowest BCUT2D eigenvalue weighted by atomic mass is 10.1. The molecule has 3 nitrogen and oxygen atoms in total. The van der Waals surface area contributed by atoms with Gasteiger partial charge in [-0.2, -0.15) is 5.26 Å². The van der Waals surface area contributed by atoms with Crippen molar-refractivity contribution in [3.63, 3.8) is 0 Å². The highest BCUT2D eigenvalue weighted by atomic mass is 35.5. The van der Waals surface area contributed by atoms with Crippen LogP contribution in [0.1, 0.15) is 11.1 Å². The van der Waals surface area contributed by atoms with E-state index in [1.165, 1.54) is 0 Å². The number of rotatable bonds is 2. The van der Waals surface area contributed by atoms with Crippen molar-refractivity contribution in [2.24, 2.45) is 0 Å². The molecular formula is C14H11ClN2O. The minimum absolute atomic E-state index is 0.437. The highest BCUT2D eigenvalue weighted by molar-refractivity contribution is 6.30. The van der Waals surface area contributed by atoms with Crippen molar-refractivity contribution in [2.45, 2.75) is 6.92 Å². The Morgan fingerprint density at radius 1 is 1.17 bits per heavy atom. The van der Waals surface area contributed by atoms with Crippen LogP contribution >= 0.6 is 11.6 Å². The second kappa shape index (κ2) is 4.99. The second-order valence-electron chi connectivity index (χ2n) is 3.90.